The summed E-state index contributed by atoms with van der Waals surface area (Å²) in [5, 5.41) is 13.0. The number of aromatic nitrogens is 1. The number of fused-ring (bicyclic) bond motifs is 1. The van der Waals surface area contributed by atoms with Gasteiger partial charge in [0.25, 0.3) is 10.7 Å². The Morgan fingerprint density at radius 1 is 1.45 bits per heavy atom. The molecule has 0 spiro atoms. The van der Waals surface area contributed by atoms with Crippen LogP contribution < -0.4 is 5.32 Å². The average molecular weight is 318 g/mol. The topological polar surface area (TPSA) is 91.4 Å². The predicted octanol–water partition coefficient (Wildman–Crippen LogP) is 2.72. The molecule has 7 heteroatoms. The van der Waals surface area contributed by atoms with E-state index in [1.165, 1.54) is 6.26 Å². The molecule has 3 rings (SSSR count). The number of aliphatic hydroxyl groups is 1. The standard InChI is InChI=1S/C15H14N2O4S/c1-15(19,12-3-2-6-20-12)8-16-13(18)9-4-5-10-11(7-9)21-14(22)17-10/h2-7,19H,8H2,1H3,(H,16,18)(H,17,22)/t15-/m0/s1. The molecule has 1 amide bonds. The smallest absolute Gasteiger partial charge is 0.266 e. The maximum absolute atomic E-state index is 12.2. The quantitative estimate of drug-likeness (QED) is 0.643. The molecule has 114 valence electrons. The molecule has 2 aromatic heterocycles. The molecule has 2 heterocycles. The van der Waals surface area contributed by atoms with Gasteiger partial charge in [-0.2, -0.15) is 0 Å². The van der Waals surface area contributed by atoms with Crippen LogP contribution in [0.3, 0.4) is 0 Å². The third-order valence-corrected chi connectivity index (χ3v) is 3.51. The number of hydrogen-bond donors (Lipinski definition) is 3. The number of carbonyl (C=O) groups is 1. The summed E-state index contributed by atoms with van der Waals surface area (Å²) in [4.78, 5) is 15.3. The Labute approximate surface area is 130 Å². The molecular weight excluding hydrogens is 304 g/mol. The lowest BCUT2D eigenvalue weighted by atomic mass is 10.0. The van der Waals surface area contributed by atoms with Gasteiger partial charge in [0.05, 0.1) is 18.3 Å². The first-order chi connectivity index (χ1) is 10.5. The van der Waals surface area contributed by atoms with Crippen molar-refractivity contribution in [1.82, 2.24) is 10.3 Å². The van der Waals surface area contributed by atoms with Crippen LogP contribution in [0.5, 0.6) is 0 Å². The summed E-state index contributed by atoms with van der Waals surface area (Å²) >= 11 is 4.90. The second-order valence-electron chi connectivity index (χ2n) is 5.16. The Kier molecular flexibility index (Phi) is 3.59. The monoisotopic (exact) mass is 318 g/mol. The molecule has 22 heavy (non-hydrogen) atoms. The van der Waals surface area contributed by atoms with E-state index in [0.717, 1.165) is 5.52 Å². The number of benzene rings is 1. The third kappa shape index (κ3) is 2.81. The largest absolute Gasteiger partial charge is 0.466 e. The molecule has 0 aliphatic carbocycles. The average Bonchev–Trinajstić information content (AvgIpc) is 3.12. The van der Waals surface area contributed by atoms with E-state index in [1.54, 1.807) is 37.3 Å². The molecule has 3 N–H and O–H groups in total. The number of oxazole rings is 1. The minimum absolute atomic E-state index is 0.0218. The van der Waals surface area contributed by atoms with Crippen LogP contribution in [0.25, 0.3) is 11.1 Å². The van der Waals surface area contributed by atoms with Gasteiger partial charge in [-0.05, 0) is 49.5 Å². The van der Waals surface area contributed by atoms with Gasteiger partial charge in [-0.3, -0.25) is 4.79 Å². The van der Waals surface area contributed by atoms with E-state index in [0.29, 0.717) is 16.9 Å². The van der Waals surface area contributed by atoms with E-state index < -0.39 is 5.60 Å². The van der Waals surface area contributed by atoms with Crippen molar-refractivity contribution in [2.75, 3.05) is 6.54 Å². The number of aromatic amines is 1. The van der Waals surface area contributed by atoms with Gasteiger partial charge in [-0.25, -0.2) is 0 Å². The zero-order valence-electron chi connectivity index (χ0n) is 11.8. The van der Waals surface area contributed by atoms with Gasteiger partial charge in [-0.1, -0.05) is 0 Å². The lowest BCUT2D eigenvalue weighted by molar-refractivity contribution is 0.0330. The van der Waals surface area contributed by atoms with Gasteiger partial charge >= 0.3 is 0 Å². The zero-order chi connectivity index (χ0) is 15.7. The Balaban J connectivity index is 1.74. The van der Waals surface area contributed by atoms with Crippen LogP contribution in [0, 0.1) is 4.84 Å². The summed E-state index contributed by atoms with van der Waals surface area (Å²) in [6, 6.07) is 8.30. The minimum atomic E-state index is -1.28. The van der Waals surface area contributed by atoms with E-state index in [2.05, 4.69) is 10.3 Å². The van der Waals surface area contributed by atoms with E-state index >= 15 is 0 Å². The van der Waals surface area contributed by atoms with Crippen molar-refractivity contribution < 1.29 is 18.7 Å². The highest BCUT2D eigenvalue weighted by molar-refractivity contribution is 7.71. The first-order valence-electron chi connectivity index (χ1n) is 6.63. The van der Waals surface area contributed by atoms with Gasteiger partial charge in [-0.15, -0.1) is 0 Å². The first-order valence-corrected chi connectivity index (χ1v) is 7.04. The zero-order valence-corrected chi connectivity index (χ0v) is 12.6. The Bertz CT molecular complexity index is 861. The first kappa shape index (κ1) is 14.6. The maximum atomic E-state index is 12.2. The number of carbonyl (C=O) groups excluding carboxylic acids is 1. The summed E-state index contributed by atoms with van der Waals surface area (Å²) in [7, 11) is 0. The molecule has 6 nitrogen and oxygen atoms in total. The summed E-state index contributed by atoms with van der Waals surface area (Å²) in [5.74, 6) is 0.0654. The Morgan fingerprint density at radius 3 is 3.00 bits per heavy atom. The fraction of sp³-hybridized carbons (Fsp3) is 0.200. The van der Waals surface area contributed by atoms with E-state index in [9.17, 15) is 9.90 Å². The van der Waals surface area contributed by atoms with E-state index in [1.807, 2.05) is 0 Å². The molecule has 0 fully saturated rings. The Hall–Kier alpha value is -2.38. The van der Waals surface area contributed by atoms with E-state index in [4.69, 9.17) is 21.1 Å². The van der Waals surface area contributed by atoms with Gasteiger partial charge in [0.15, 0.2) is 5.58 Å². The summed E-state index contributed by atoms with van der Waals surface area (Å²) < 4.78 is 10.4. The SMILES string of the molecule is C[C@](O)(CNC(=O)c1ccc2[nH]c(=S)oc2c1)c1ccco1. The van der Waals surface area contributed by atoms with E-state index in [-0.39, 0.29) is 17.3 Å². The van der Waals surface area contributed by atoms with Gasteiger partial charge in [0.2, 0.25) is 0 Å². The summed E-state index contributed by atoms with van der Waals surface area (Å²) in [5.41, 5.74) is 0.371. The summed E-state index contributed by atoms with van der Waals surface area (Å²) in [6.07, 6.45) is 1.47. The van der Waals surface area contributed by atoms with Crippen LogP contribution in [0.4, 0.5) is 0 Å². The molecular formula is C15H14N2O4S. The molecule has 0 aliphatic heterocycles. The van der Waals surface area contributed by atoms with Crippen molar-refractivity contribution >= 4 is 29.2 Å². The van der Waals surface area contributed by atoms with Crippen molar-refractivity contribution in [1.29, 1.82) is 0 Å². The lowest BCUT2D eigenvalue weighted by Gasteiger charge is -2.21. The van der Waals surface area contributed by atoms with Crippen LogP contribution in [0.15, 0.2) is 45.4 Å². The second kappa shape index (κ2) is 5.43. The normalized spacial score (nSPS) is 13.9. The van der Waals surface area contributed by atoms with Crippen LogP contribution in [-0.4, -0.2) is 22.5 Å². The second-order valence-corrected chi connectivity index (χ2v) is 5.53. The molecule has 0 unspecified atom stereocenters. The fourth-order valence-electron chi connectivity index (χ4n) is 2.11. The van der Waals surface area contributed by atoms with Crippen molar-refractivity contribution in [3.63, 3.8) is 0 Å². The van der Waals surface area contributed by atoms with Crippen molar-refractivity contribution in [3.8, 4) is 0 Å². The molecule has 1 atom stereocenters. The van der Waals surface area contributed by atoms with Crippen LogP contribution in [0.1, 0.15) is 23.0 Å². The summed E-state index contributed by atoms with van der Waals surface area (Å²) in [6.45, 7) is 1.59. The van der Waals surface area contributed by atoms with Crippen molar-refractivity contribution in [2.24, 2.45) is 0 Å². The molecule has 1 aromatic carbocycles. The molecule has 0 aliphatic rings. The molecule has 3 aromatic rings. The predicted molar refractivity (Wildman–Crippen MR) is 82.0 cm³/mol. The number of rotatable bonds is 4. The highest BCUT2D eigenvalue weighted by Crippen LogP contribution is 2.20. The number of nitrogens with one attached hydrogen (secondary N) is 2. The van der Waals surface area contributed by atoms with Crippen LogP contribution >= 0.6 is 12.2 Å². The molecule has 0 saturated carbocycles. The number of furan rings is 1. The molecule has 0 saturated heterocycles. The number of amides is 1. The van der Waals surface area contributed by atoms with Crippen molar-refractivity contribution in [2.45, 2.75) is 12.5 Å². The highest BCUT2D eigenvalue weighted by Gasteiger charge is 2.27. The van der Waals surface area contributed by atoms with Crippen LogP contribution in [-0.2, 0) is 5.60 Å². The highest BCUT2D eigenvalue weighted by atomic mass is 32.1. The van der Waals surface area contributed by atoms with Gasteiger partial charge in [0, 0.05) is 5.56 Å². The minimum Gasteiger partial charge on any atom is -0.466 e. The Morgan fingerprint density at radius 2 is 2.27 bits per heavy atom. The van der Waals surface area contributed by atoms with Crippen molar-refractivity contribution in [3.05, 3.63) is 52.8 Å². The number of H-pyrrole nitrogens is 1. The van der Waals surface area contributed by atoms with Gasteiger partial charge in [0.1, 0.15) is 11.4 Å². The maximum Gasteiger partial charge on any atom is 0.266 e. The third-order valence-electron chi connectivity index (χ3n) is 3.33. The molecule has 0 bridgehead atoms. The molecule has 0 radical (unpaired) electrons. The lowest BCUT2D eigenvalue weighted by Crippen LogP contribution is -2.38. The fourth-order valence-corrected chi connectivity index (χ4v) is 2.31. The number of hydrogen-bond acceptors (Lipinski definition) is 5. The van der Waals surface area contributed by atoms with Gasteiger partial charge < -0.3 is 24.2 Å². The van der Waals surface area contributed by atoms with Crippen LogP contribution in [0.2, 0.25) is 0 Å².